The largest absolute Gasteiger partial charge is 0.272 e. The zero-order valence-corrected chi connectivity index (χ0v) is 17.7. The van der Waals surface area contributed by atoms with Gasteiger partial charge in [0.2, 0.25) is 15.9 Å². The summed E-state index contributed by atoms with van der Waals surface area (Å²) in [6.07, 6.45) is 1.33. The number of hydrogen-bond acceptors (Lipinski definition) is 4. The Hall–Kier alpha value is -2.42. The molecule has 7 nitrogen and oxygen atoms in total. The van der Waals surface area contributed by atoms with E-state index in [1.807, 2.05) is 6.92 Å². The summed E-state index contributed by atoms with van der Waals surface area (Å²) in [7, 11) is -2.49. The molecule has 0 aliphatic heterocycles. The second kappa shape index (κ2) is 8.14. The van der Waals surface area contributed by atoms with Crippen LogP contribution in [0.3, 0.4) is 0 Å². The van der Waals surface area contributed by atoms with Crippen molar-refractivity contribution in [1.29, 1.82) is 0 Å². The summed E-state index contributed by atoms with van der Waals surface area (Å²) in [6.45, 7) is 1.43. The molecule has 0 saturated heterocycles. The standard InChI is InChI=1S/C20H22ClN3O4S/c1-14-3-9-17(10-4-14)29(27,28)24(2)13-18(25)22-23-19(26)20(11-12-20)15-5-7-16(21)8-6-15/h3-10H,11-13H2,1-2H3,(H,22,25)(H,23,26). The smallest absolute Gasteiger partial charge is 0.253 e. The molecule has 1 fully saturated rings. The van der Waals surface area contributed by atoms with E-state index in [2.05, 4.69) is 10.9 Å². The van der Waals surface area contributed by atoms with Gasteiger partial charge >= 0.3 is 0 Å². The van der Waals surface area contributed by atoms with E-state index in [1.54, 1.807) is 36.4 Å². The lowest BCUT2D eigenvalue weighted by molar-refractivity contribution is -0.130. The van der Waals surface area contributed by atoms with Gasteiger partial charge in [0.1, 0.15) is 0 Å². The number of halogens is 1. The van der Waals surface area contributed by atoms with Crippen LogP contribution in [0.15, 0.2) is 53.4 Å². The lowest BCUT2D eigenvalue weighted by Gasteiger charge is -2.19. The molecule has 2 N–H and O–H groups in total. The number of amides is 2. The van der Waals surface area contributed by atoms with Gasteiger partial charge in [-0.15, -0.1) is 0 Å². The van der Waals surface area contributed by atoms with Crippen LogP contribution in [-0.4, -0.2) is 38.1 Å². The molecule has 0 heterocycles. The summed E-state index contributed by atoms with van der Waals surface area (Å²) in [5.41, 5.74) is 5.79. The van der Waals surface area contributed by atoms with Crippen LogP contribution in [0, 0.1) is 6.92 Å². The average molecular weight is 436 g/mol. The number of nitrogens with zero attached hydrogens (tertiary/aromatic N) is 1. The summed E-state index contributed by atoms with van der Waals surface area (Å²) >= 11 is 5.89. The Morgan fingerprint density at radius 1 is 1.03 bits per heavy atom. The Balaban J connectivity index is 1.57. The van der Waals surface area contributed by atoms with Crippen LogP contribution in [0.2, 0.25) is 5.02 Å². The van der Waals surface area contributed by atoms with Gasteiger partial charge in [-0.05, 0) is 49.6 Å². The molecule has 29 heavy (non-hydrogen) atoms. The SMILES string of the molecule is Cc1ccc(S(=O)(=O)N(C)CC(=O)NNC(=O)C2(c3ccc(Cl)cc3)CC2)cc1. The lowest BCUT2D eigenvalue weighted by Crippen LogP contribution is -2.49. The first-order chi connectivity index (χ1) is 13.6. The molecule has 0 unspecified atom stereocenters. The highest BCUT2D eigenvalue weighted by molar-refractivity contribution is 7.89. The Morgan fingerprint density at radius 2 is 1.62 bits per heavy atom. The van der Waals surface area contributed by atoms with E-state index < -0.39 is 27.9 Å². The van der Waals surface area contributed by atoms with Crippen molar-refractivity contribution in [3.8, 4) is 0 Å². The van der Waals surface area contributed by atoms with E-state index in [4.69, 9.17) is 11.6 Å². The zero-order chi connectivity index (χ0) is 21.2. The summed E-state index contributed by atoms with van der Waals surface area (Å²) in [4.78, 5) is 24.8. The molecule has 0 radical (unpaired) electrons. The molecule has 2 aromatic carbocycles. The molecular weight excluding hydrogens is 414 g/mol. The summed E-state index contributed by atoms with van der Waals surface area (Å²) in [5.74, 6) is -0.972. The highest BCUT2D eigenvalue weighted by Crippen LogP contribution is 2.48. The molecule has 3 rings (SSSR count). The predicted octanol–water partition coefficient (Wildman–Crippen LogP) is 2.15. The van der Waals surface area contributed by atoms with Crippen molar-refractivity contribution in [2.75, 3.05) is 13.6 Å². The van der Waals surface area contributed by atoms with Crippen LogP contribution in [0.5, 0.6) is 0 Å². The van der Waals surface area contributed by atoms with Crippen molar-refractivity contribution in [1.82, 2.24) is 15.2 Å². The van der Waals surface area contributed by atoms with E-state index in [1.165, 1.54) is 19.2 Å². The first-order valence-electron chi connectivity index (χ1n) is 9.03. The molecule has 0 spiro atoms. The van der Waals surface area contributed by atoms with Crippen LogP contribution in [-0.2, 0) is 25.0 Å². The van der Waals surface area contributed by atoms with Crippen LogP contribution in [0.25, 0.3) is 0 Å². The van der Waals surface area contributed by atoms with Gasteiger partial charge in [0.25, 0.3) is 5.91 Å². The van der Waals surface area contributed by atoms with Crippen molar-refractivity contribution in [3.05, 3.63) is 64.7 Å². The van der Waals surface area contributed by atoms with Crippen LogP contribution >= 0.6 is 11.6 Å². The fourth-order valence-corrected chi connectivity index (χ4v) is 4.26. The zero-order valence-electron chi connectivity index (χ0n) is 16.1. The van der Waals surface area contributed by atoms with Crippen LogP contribution in [0.4, 0.5) is 0 Å². The number of hydrazine groups is 1. The van der Waals surface area contributed by atoms with Crippen molar-refractivity contribution in [2.24, 2.45) is 0 Å². The molecule has 2 aromatic rings. The Labute approximate surface area is 175 Å². The Bertz CT molecular complexity index is 1020. The Morgan fingerprint density at radius 3 is 2.17 bits per heavy atom. The maximum absolute atomic E-state index is 12.6. The molecule has 0 atom stereocenters. The van der Waals surface area contributed by atoms with Gasteiger partial charge in [0.15, 0.2) is 0 Å². The molecule has 9 heteroatoms. The number of likely N-dealkylation sites (N-methyl/N-ethyl adjacent to an activating group) is 1. The fourth-order valence-electron chi connectivity index (χ4n) is 3.00. The molecule has 0 bridgehead atoms. The number of benzene rings is 2. The lowest BCUT2D eigenvalue weighted by atomic mass is 9.95. The van der Waals surface area contributed by atoms with E-state index in [0.29, 0.717) is 17.9 Å². The van der Waals surface area contributed by atoms with E-state index in [0.717, 1.165) is 15.4 Å². The number of carbonyl (C=O) groups excluding carboxylic acids is 2. The van der Waals surface area contributed by atoms with Crippen molar-refractivity contribution in [3.63, 3.8) is 0 Å². The topological polar surface area (TPSA) is 95.6 Å². The number of hydrogen-bond donors (Lipinski definition) is 2. The number of carbonyl (C=O) groups is 2. The third-order valence-corrected chi connectivity index (χ3v) is 7.06. The summed E-state index contributed by atoms with van der Waals surface area (Å²) < 4.78 is 26.0. The van der Waals surface area contributed by atoms with E-state index >= 15 is 0 Å². The van der Waals surface area contributed by atoms with Gasteiger partial charge in [0.05, 0.1) is 16.9 Å². The maximum Gasteiger partial charge on any atom is 0.253 e. The van der Waals surface area contributed by atoms with Crippen molar-refractivity contribution < 1.29 is 18.0 Å². The second-order valence-corrected chi connectivity index (χ2v) is 9.65. The first-order valence-corrected chi connectivity index (χ1v) is 10.9. The third kappa shape index (κ3) is 4.60. The average Bonchev–Trinajstić information content (AvgIpc) is 3.49. The van der Waals surface area contributed by atoms with E-state index in [9.17, 15) is 18.0 Å². The van der Waals surface area contributed by atoms with Gasteiger partial charge in [-0.2, -0.15) is 4.31 Å². The third-order valence-electron chi connectivity index (χ3n) is 4.99. The number of aryl methyl sites for hydroxylation is 1. The molecule has 2 amide bonds. The van der Waals surface area contributed by atoms with Gasteiger partial charge in [-0.1, -0.05) is 41.4 Å². The quantitative estimate of drug-likeness (QED) is 0.679. The molecule has 1 aliphatic rings. The van der Waals surface area contributed by atoms with Gasteiger partial charge in [-0.25, -0.2) is 8.42 Å². The highest BCUT2D eigenvalue weighted by Gasteiger charge is 2.51. The van der Waals surface area contributed by atoms with Crippen molar-refractivity contribution in [2.45, 2.75) is 30.1 Å². The predicted molar refractivity (Wildman–Crippen MR) is 110 cm³/mol. The number of nitrogens with one attached hydrogen (secondary N) is 2. The molecule has 154 valence electrons. The minimum Gasteiger partial charge on any atom is -0.272 e. The normalized spacial score (nSPS) is 15.0. The number of rotatable bonds is 6. The van der Waals surface area contributed by atoms with Gasteiger partial charge in [0, 0.05) is 12.1 Å². The van der Waals surface area contributed by atoms with Gasteiger partial charge < -0.3 is 0 Å². The summed E-state index contributed by atoms with van der Waals surface area (Å²) in [5, 5.41) is 0.580. The minimum absolute atomic E-state index is 0.0992. The molecule has 1 aliphatic carbocycles. The number of sulfonamides is 1. The maximum atomic E-state index is 12.6. The molecule has 1 saturated carbocycles. The minimum atomic E-state index is -3.81. The fraction of sp³-hybridized carbons (Fsp3) is 0.300. The molecule has 0 aromatic heterocycles. The van der Waals surface area contributed by atoms with Gasteiger partial charge in [-0.3, -0.25) is 20.4 Å². The van der Waals surface area contributed by atoms with Crippen LogP contribution in [0.1, 0.15) is 24.0 Å². The first kappa shape index (κ1) is 21.3. The second-order valence-electron chi connectivity index (χ2n) is 7.17. The summed E-state index contributed by atoms with van der Waals surface area (Å²) in [6, 6.07) is 13.4. The monoisotopic (exact) mass is 435 g/mol. The molecular formula is C20H22ClN3O4S. The highest BCUT2D eigenvalue weighted by atomic mass is 35.5. The van der Waals surface area contributed by atoms with Crippen LogP contribution < -0.4 is 10.9 Å². The van der Waals surface area contributed by atoms with Crippen molar-refractivity contribution >= 4 is 33.4 Å². The van der Waals surface area contributed by atoms with E-state index in [-0.39, 0.29) is 10.8 Å². The Kier molecular flexibility index (Phi) is 5.97.